The van der Waals surface area contributed by atoms with Crippen LogP contribution in [0.5, 0.6) is 0 Å². The molecule has 0 saturated carbocycles. The fraction of sp³-hybridized carbons (Fsp3) is 0.0588. The molecule has 3 nitrogen and oxygen atoms in total. The van der Waals surface area contributed by atoms with Crippen LogP contribution in [-0.4, -0.2) is 9.97 Å². The Hall–Kier alpha value is -2.68. The van der Waals surface area contributed by atoms with Gasteiger partial charge in [0.2, 0.25) is 0 Å². The molecule has 0 unspecified atom stereocenters. The van der Waals surface area contributed by atoms with Crippen molar-refractivity contribution in [2.75, 3.05) is 5.73 Å². The Morgan fingerprint density at radius 1 is 0.800 bits per heavy atom. The van der Waals surface area contributed by atoms with Crippen LogP contribution in [0.25, 0.3) is 22.5 Å². The van der Waals surface area contributed by atoms with Crippen LogP contribution in [0.2, 0.25) is 0 Å². The SMILES string of the molecule is Cc1ccc(-c2cnc(-c3cccc(N)c3)nc2)cc1. The minimum atomic E-state index is 0.688. The first kappa shape index (κ1) is 12.4. The Labute approximate surface area is 118 Å². The van der Waals surface area contributed by atoms with Crippen molar-refractivity contribution in [3.8, 4) is 22.5 Å². The summed E-state index contributed by atoms with van der Waals surface area (Å²) in [5, 5.41) is 0. The van der Waals surface area contributed by atoms with Crippen LogP contribution in [-0.2, 0) is 0 Å². The lowest BCUT2D eigenvalue weighted by Gasteiger charge is -2.04. The number of nitrogens with two attached hydrogens (primary N) is 1. The number of benzene rings is 2. The van der Waals surface area contributed by atoms with Gasteiger partial charge in [-0.3, -0.25) is 0 Å². The summed E-state index contributed by atoms with van der Waals surface area (Å²) in [6.45, 7) is 2.07. The molecule has 0 atom stereocenters. The predicted octanol–water partition coefficient (Wildman–Crippen LogP) is 3.70. The molecule has 20 heavy (non-hydrogen) atoms. The zero-order chi connectivity index (χ0) is 13.9. The van der Waals surface area contributed by atoms with Gasteiger partial charge in [0.25, 0.3) is 0 Å². The van der Waals surface area contributed by atoms with Crippen molar-refractivity contribution in [2.45, 2.75) is 6.92 Å². The Kier molecular flexibility index (Phi) is 3.17. The van der Waals surface area contributed by atoms with Crippen molar-refractivity contribution in [3.05, 3.63) is 66.5 Å². The van der Waals surface area contributed by atoms with Crippen LogP contribution in [0.3, 0.4) is 0 Å². The molecular formula is C17H15N3. The van der Waals surface area contributed by atoms with Gasteiger partial charge in [0.15, 0.2) is 5.82 Å². The van der Waals surface area contributed by atoms with E-state index in [9.17, 15) is 0 Å². The number of nitrogens with zero attached hydrogens (tertiary/aromatic N) is 2. The van der Waals surface area contributed by atoms with Gasteiger partial charge in [-0.1, -0.05) is 42.0 Å². The lowest BCUT2D eigenvalue weighted by molar-refractivity contribution is 1.18. The van der Waals surface area contributed by atoms with Crippen molar-refractivity contribution >= 4 is 5.69 Å². The second-order valence-corrected chi connectivity index (χ2v) is 4.79. The molecule has 0 fully saturated rings. The fourth-order valence-corrected chi connectivity index (χ4v) is 2.05. The summed E-state index contributed by atoms with van der Waals surface area (Å²) in [6, 6.07) is 15.9. The van der Waals surface area contributed by atoms with Crippen LogP contribution in [0.1, 0.15) is 5.56 Å². The van der Waals surface area contributed by atoms with Crippen molar-refractivity contribution in [1.82, 2.24) is 9.97 Å². The molecule has 98 valence electrons. The second kappa shape index (κ2) is 5.13. The Balaban J connectivity index is 1.93. The maximum Gasteiger partial charge on any atom is 0.159 e. The Morgan fingerprint density at radius 3 is 2.15 bits per heavy atom. The highest BCUT2D eigenvalue weighted by Gasteiger charge is 2.03. The van der Waals surface area contributed by atoms with Crippen LogP contribution >= 0.6 is 0 Å². The summed E-state index contributed by atoms with van der Waals surface area (Å²) in [6.07, 6.45) is 3.69. The van der Waals surface area contributed by atoms with Crippen LogP contribution in [0, 0.1) is 6.92 Å². The smallest absolute Gasteiger partial charge is 0.159 e. The highest BCUT2D eigenvalue weighted by Crippen LogP contribution is 2.21. The molecule has 0 saturated heterocycles. The van der Waals surface area contributed by atoms with Crippen molar-refractivity contribution < 1.29 is 0 Å². The molecule has 3 rings (SSSR count). The number of nitrogen functional groups attached to an aromatic ring is 1. The number of anilines is 1. The van der Waals surface area contributed by atoms with E-state index in [1.54, 1.807) is 0 Å². The van der Waals surface area contributed by atoms with E-state index in [1.165, 1.54) is 5.56 Å². The molecule has 0 spiro atoms. The summed E-state index contributed by atoms with van der Waals surface area (Å²) in [5.74, 6) is 0.688. The van der Waals surface area contributed by atoms with E-state index in [0.717, 1.165) is 16.7 Å². The zero-order valence-electron chi connectivity index (χ0n) is 11.2. The van der Waals surface area contributed by atoms with Gasteiger partial charge in [0.05, 0.1) is 0 Å². The van der Waals surface area contributed by atoms with Crippen molar-refractivity contribution in [3.63, 3.8) is 0 Å². The third-order valence-corrected chi connectivity index (χ3v) is 3.18. The van der Waals surface area contributed by atoms with Crippen LogP contribution in [0.15, 0.2) is 60.9 Å². The minimum absolute atomic E-state index is 0.688. The molecule has 3 heteroatoms. The number of aryl methyl sites for hydroxylation is 1. The second-order valence-electron chi connectivity index (χ2n) is 4.79. The summed E-state index contributed by atoms with van der Waals surface area (Å²) in [4.78, 5) is 8.84. The summed E-state index contributed by atoms with van der Waals surface area (Å²) >= 11 is 0. The van der Waals surface area contributed by atoms with Gasteiger partial charge < -0.3 is 5.73 Å². The number of rotatable bonds is 2. The predicted molar refractivity (Wildman–Crippen MR) is 82.1 cm³/mol. The zero-order valence-corrected chi connectivity index (χ0v) is 11.2. The van der Waals surface area contributed by atoms with Gasteiger partial charge in [-0.2, -0.15) is 0 Å². The number of hydrogen-bond donors (Lipinski definition) is 1. The summed E-state index contributed by atoms with van der Waals surface area (Å²) < 4.78 is 0. The monoisotopic (exact) mass is 261 g/mol. The van der Waals surface area contributed by atoms with E-state index in [4.69, 9.17) is 5.73 Å². The normalized spacial score (nSPS) is 10.4. The largest absolute Gasteiger partial charge is 0.399 e. The first-order chi connectivity index (χ1) is 9.72. The topological polar surface area (TPSA) is 51.8 Å². The molecule has 1 aromatic heterocycles. The highest BCUT2D eigenvalue weighted by atomic mass is 14.9. The van der Waals surface area contributed by atoms with Gasteiger partial charge in [-0.25, -0.2) is 9.97 Å². The van der Waals surface area contributed by atoms with E-state index >= 15 is 0 Å². The maximum atomic E-state index is 5.78. The Morgan fingerprint density at radius 2 is 1.50 bits per heavy atom. The van der Waals surface area contributed by atoms with E-state index in [0.29, 0.717) is 11.5 Å². The van der Waals surface area contributed by atoms with Gasteiger partial charge >= 0.3 is 0 Å². The first-order valence-electron chi connectivity index (χ1n) is 6.47. The molecule has 0 aliphatic heterocycles. The average molecular weight is 261 g/mol. The molecule has 0 amide bonds. The first-order valence-corrected chi connectivity index (χ1v) is 6.47. The van der Waals surface area contributed by atoms with Gasteiger partial charge in [-0.15, -0.1) is 0 Å². The minimum Gasteiger partial charge on any atom is -0.399 e. The third-order valence-electron chi connectivity index (χ3n) is 3.18. The van der Waals surface area contributed by atoms with E-state index in [2.05, 4.69) is 41.2 Å². The third kappa shape index (κ3) is 2.52. The van der Waals surface area contributed by atoms with Crippen LogP contribution in [0.4, 0.5) is 5.69 Å². The van der Waals surface area contributed by atoms with Gasteiger partial charge in [0, 0.05) is 29.2 Å². The standard InChI is InChI=1S/C17H15N3/c1-12-5-7-13(8-6-12)15-10-19-17(20-11-15)14-3-2-4-16(18)9-14/h2-11H,18H2,1H3. The number of aromatic nitrogens is 2. The molecule has 2 N–H and O–H groups in total. The lowest BCUT2D eigenvalue weighted by Crippen LogP contribution is -1.91. The molecule has 2 aromatic carbocycles. The van der Waals surface area contributed by atoms with Gasteiger partial charge in [-0.05, 0) is 24.6 Å². The van der Waals surface area contributed by atoms with Gasteiger partial charge in [0.1, 0.15) is 0 Å². The Bertz CT molecular complexity index is 716. The quantitative estimate of drug-likeness (QED) is 0.715. The summed E-state index contributed by atoms with van der Waals surface area (Å²) in [7, 11) is 0. The lowest BCUT2D eigenvalue weighted by atomic mass is 10.1. The molecule has 0 radical (unpaired) electrons. The van der Waals surface area contributed by atoms with E-state index in [-0.39, 0.29) is 0 Å². The molecular weight excluding hydrogens is 246 g/mol. The summed E-state index contributed by atoms with van der Waals surface area (Å²) in [5.41, 5.74) is 10.8. The molecule has 1 heterocycles. The molecule has 0 bridgehead atoms. The molecule has 0 aliphatic rings. The highest BCUT2D eigenvalue weighted by molar-refractivity contribution is 5.65. The van der Waals surface area contributed by atoms with Crippen LogP contribution < -0.4 is 5.73 Å². The fourth-order valence-electron chi connectivity index (χ4n) is 2.05. The number of hydrogen-bond acceptors (Lipinski definition) is 3. The molecule has 3 aromatic rings. The van der Waals surface area contributed by atoms with E-state index < -0.39 is 0 Å². The maximum absolute atomic E-state index is 5.78. The molecule has 0 aliphatic carbocycles. The van der Waals surface area contributed by atoms with E-state index in [1.807, 2.05) is 36.7 Å². The van der Waals surface area contributed by atoms with Crippen molar-refractivity contribution in [2.24, 2.45) is 0 Å². The average Bonchev–Trinajstić information content (AvgIpc) is 2.48. The van der Waals surface area contributed by atoms with Crippen molar-refractivity contribution in [1.29, 1.82) is 0 Å².